The van der Waals surface area contributed by atoms with E-state index in [1.165, 1.54) is 18.2 Å². The molecule has 2 aromatic carbocycles. The Kier molecular flexibility index (Phi) is 6.17. The van der Waals surface area contributed by atoms with Crippen molar-refractivity contribution in [1.82, 2.24) is 0 Å². The third-order valence-electron chi connectivity index (χ3n) is 3.82. The molecule has 0 spiro atoms. The van der Waals surface area contributed by atoms with E-state index in [9.17, 15) is 9.18 Å². The molecule has 6 heteroatoms. The number of nitrogens with one attached hydrogen (secondary N) is 1. The van der Waals surface area contributed by atoms with Crippen molar-refractivity contribution in [2.24, 2.45) is 11.7 Å². The molecular weight excluding hydrogens is 331 g/mol. The van der Waals surface area contributed by atoms with Crippen LogP contribution in [0.3, 0.4) is 0 Å². The fourth-order valence-corrected chi connectivity index (χ4v) is 2.20. The van der Waals surface area contributed by atoms with Crippen LogP contribution in [0.1, 0.15) is 28.8 Å². The van der Waals surface area contributed by atoms with Gasteiger partial charge in [0.2, 0.25) is 0 Å². The molecule has 4 nitrogen and oxygen atoms in total. The van der Waals surface area contributed by atoms with Crippen LogP contribution in [0.4, 0.5) is 10.1 Å². The number of halogens is 2. The zero-order valence-corrected chi connectivity index (χ0v) is 13.9. The fourth-order valence-electron chi connectivity index (χ4n) is 2.20. The van der Waals surface area contributed by atoms with E-state index in [1.807, 2.05) is 12.1 Å². The van der Waals surface area contributed by atoms with Crippen LogP contribution in [0.15, 0.2) is 42.5 Å². The predicted octanol–water partition coefficient (Wildman–Crippen LogP) is 3.75. The number of carbonyl (C=O) groups excluding carboxylic acids is 1. The molecule has 1 amide bonds. The van der Waals surface area contributed by atoms with Gasteiger partial charge >= 0.3 is 0 Å². The highest BCUT2D eigenvalue weighted by atomic mass is 35.5. The SMILES string of the molecule is Cl.NCc1ccc(C(=O)Nc2ccc(F)cc2OCC2CC2)cc1. The summed E-state index contributed by atoms with van der Waals surface area (Å²) in [7, 11) is 0. The predicted molar refractivity (Wildman–Crippen MR) is 94.2 cm³/mol. The minimum atomic E-state index is -0.388. The molecule has 128 valence electrons. The van der Waals surface area contributed by atoms with Gasteiger partial charge in [0.05, 0.1) is 12.3 Å². The second kappa shape index (κ2) is 8.13. The molecule has 3 rings (SSSR count). The highest BCUT2D eigenvalue weighted by Crippen LogP contribution is 2.32. The van der Waals surface area contributed by atoms with Gasteiger partial charge in [-0.25, -0.2) is 4.39 Å². The third kappa shape index (κ3) is 4.69. The van der Waals surface area contributed by atoms with Gasteiger partial charge in [-0.3, -0.25) is 4.79 Å². The summed E-state index contributed by atoms with van der Waals surface area (Å²) in [6, 6.07) is 11.2. The van der Waals surface area contributed by atoms with Crippen molar-refractivity contribution in [1.29, 1.82) is 0 Å². The zero-order valence-electron chi connectivity index (χ0n) is 13.1. The minimum Gasteiger partial charge on any atom is -0.491 e. The zero-order chi connectivity index (χ0) is 16.2. The normalized spacial score (nSPS) is 13.1. The number of hydrogen-bond donors (Lipinski definition) is 2. The van der Waals surface area contributed by atoms with Gasteiger partial charge in [0.15, 0.2) is 0 Å². The first-order valence-corrected chi connectivity index (χ1v) is 7.68. The summed E-state index contributed by atoms with van der Waals surface area (Å²) in [5.41, 5.74) is 7.48. The first kappa shape index (κ1) is 18.2. The third-order valence-corrected chi connectivity index (χ3v) is 3.82. The summed E-state index contributed by atoms with van der Waals surface area (Å²) in [6.07, 6.45) is 2.29. The van der Waals surface area contributed by atoms with Crippen LogP contribution in [0, 0.1) is 11.7 Å². The number of benzene rings is 2. The molecule has 1 aliphatic carbocycles. The molecule has 0 aliphatic heterocycles. The van der Waals surface area contributed by atoms with Crippen LogP contribution in [-0.4, -0.2) is 12.5 Å². The second-order valence-corrected chi connectivity index (χ2v) is 5.75. The highest BCUT2D eigenvalue weighted by molar-refractivity contribution is 6.05. The molecule has 1 saturated carbocycles. The maximum atomic E-state index is 13.4. The van der Waals surface area contributed by atoms with Crippen LogP contribution >= 0.6 is 12.4 Å². The first-order chi connectivity index (χ1) is 11.2. The average molecular weight is 351 g/mol. The van der Waals surface area contributed by atoms with Gasteiger partial charge in [0.25, 0.3) is 5.91 Å². The Labute approximate surface area is 146 Å². The molecule has 24 heavy (non-hydrogen) atoms. The van der Waals surface area contributed by atoms with Gasteiger partial charge in [-0.1, -0.05) is 12.1 Å². The number of ether oxygens (including phenoxy) is 1. The van der Waals surface area contributed by atoms with Gasteiger partial charge in [0, 0.05) is 18.2 Å². The van der Waals surface area contributed by atoms with Gasteiger partial charge in [-0.15, -0.1) is 12.4 Å². The fraction of sp³-hybridized carbons (Fsp3) is 0.278. The Balaban J connectivity index is 0.00000208. The maximum Gasteiger partial charge on any atom is 0.255 e. The summed E-state index contributed by atoms with van der Waals surface area (Å²) in [6.45, 7) is 0.983. The molecule has 0 radical (unpaired) electrons. The van der Waals surface area contributed by atoms with E-state index in [2.05, 4.69) is 5.32 Å². The van der Waals surface area contributed by atoms with Crippen molar-refractivity contribution in [3.63, 3.8) is 0 Å². The quantitative estimate of drug-likeness (QED) is 0.834. The number of amides is 1. The number of hydrogen-bond acceptors (Lipinski definition) is 3. The lowest BCUT2D eigenvalue weighted by molar-refractivity contribution is 0.102. The number of nitrogens with two attached hydrogens (primary N) is 1. The van der Waals surface area contributed by atoms with E-state index in [-0.39, 0.29) is 24.1 Å². The van der Waals surface area contributed by atoms with E-state index in [1.54, 1.807) is 12.1 Å². The molecule has 0 saturated heterocycles. The molecular formula is C18H20ClFN2O2. The van der Waals surface area contributed by atoms with Crippen LogP contribution in [0.2, 0.25) is 0 Å². The summed E-state index contributed by atoms with van der Waals surface area (Å²) in [4.78, 5) is 12.3. The minimum absolute atomic E-state index is 0. The Hall–Kier alpha value is -2.11. The molecule has 0 atom stereocenters. The van der Waals surface area contributed by atoms with Crippen molar-refractivity contribution < 1.29 is 13.9 Å². The smallest absolute Gasteiger partial charge is 0.255 e. The molecule has 0 unspecified atom stereocenters. The van der Waals surface area contributed by atoms with E-state index >= 15 is 0 Å². The van der Waals surface area contributed by atoms with Gasteiger partial charge in [-0.05, 0) is 48.6 Å². The van der Waals surface area contributed by atoms with Gasteiger partial charge in [-0.2, -0.15) is 0 Å². The van der Waals surface area contributed by atoms with Crippen molar-refractivity contribution in [3.05, 3.63) is 59.4 Å². The topological polar surface area (TPSA) is 64.4 Å². The Morgan fingerprint density at radius 1 is 1.21 bits per heavy atom. The van der Waals surface area contributed by atoms with Crippen molar-refractivity contribution in [2.75, 3.05) is 11.9 Å². The molecule has 0 aromatic heterocycles. The van der Waals surface area contributed by atoms with Crippen molar-refractivity contribution in [3.8, 4) is 5.75 Å². The Morgan fingerprint density at radius 3 is 2.54 bits per heavy atom. The number of anilines is 1. The Morgan fingerprint density at radius 2 is 1.92 bits per heavy atom. The summed E-state index contributed by atoms with van der Waals surface area (Å²) in [5.74, 6) is 0.256. The van der Waals surface area contributed by atoms with E-state index in [0.717, 1.165) is 18.4 Å². The van der Waals surface area contributed by atoms with Crippen molar-refractivity contribution in [2.45, 2.75) is 19.4 Å². The monoisotopic (exact) mass is 350 g/mol. The first-order valence-electron chi connectivity index (χ1n) is 7.68. The highest BCUT2D eigenvalue weighted by Gasteiger charge is 2.22. The standard InChI is InChI=1S/C18H19FN2O2.ClH/c19-15-7-8-16(17(9-15)23-11-13-1-2-13)21-18(22)14-5-3-12(10-20)4-6-14;/h3-9,13H,1-2,10-11,20H2,(H,21,22);1H. The summed E-state index contributed by atoms with van der Waals surface area (Å²) < 4.78 is 19.1. The van der Waals surface area contributed by atoms with Gasteiger partial charge in [0.1, 0.15) is 11.6 Å². The van der Waals surface area contributed by atoms with E-state index < -0.39 is 0 Å². The van der Waals surface area contributed by atoms with E-state index in [0.29, 0.717) is 36.1 Å². The number of carbonyl (C=O) groups is 1. The maximum absolute atomic E-state index is 13.4. The van der Waals surface area contributed by atoms with Crippen LogP contribution in [0.25, 0.3) is 0 Å². The van der Waals surface area contributed by atoms with Crippen LogP contribution in [-0.2, 0) is 6.54 Å². The summed E-state index contributed by atoms with van der Waals surface area (Å²) in [5, 5.41) is 2.77. The average Bonchev–Trinajstić information content (AvgIpc) is 3.39. The lowest BCUT2D eigenvalue weighted by Gasteiger charge is -2.12. The lowest BCUT2D eigenvalue weighted by atomic mass is 10.1. The largest absolute Gasteiger partial charge is 0.491 e. The molecule has 3 N–H and O–H groups in total. The summed E-state index contributed by atoms with van der Waals surface area (Å²) >= 11 is 0. The molecule has 0 heterocycles. The molecule has 1 aliphatic rings. The molecule has 1 fully saturated rings. The van der Waals surface area contributed by atoms with E-state index in [4.69, 9.17) is 10.5 Å². The van der Waals surface area contributed by atoms with Crippen molar-refractivity contribution >= 4 is 24.0 Å². The second-order valence-electron chi connectivity index (χ2n) is 5.75. The Bertz CT molecular complexity index is 703. The van der Waals surface area contributed by atoms with Gasteiger partial charge < -0.3 is 15.8 Å². The van der Waals surface area contributed by atoms with Crippen LogP contribution < -0.4 is 15.8 Å². The molecule has 0 bridgehead atoms. The molecule has 2 aromatic rings. The lowest BCUT2D eigenvalue weighted by Crippen LogP contribution is -2.13. The van der Waals surface area contributed by atoms with Crippen LogP contribution in [0.5, 0.6) is 5.75 Å². The number of rotatable bonds is 6.